The molecule has 20 heavy (non-hydrogen) atoms. The Kier molecular flexibility index (Phi) is 2.97. The van der Waals surface area contributed by atoms with Gasteiger partial charge < -0.3 is 10.6 Å². The quantitative estimate of drug-likeness (QED) is 0.794. The Morgan fingerprint density at radius 3 is 2.45 bits per heavy atom. The van der Waals surface area contributed by atoms with Crippen LogP contribution in [0, 0.1) is 6.92 Å². The predicted octanol–water partition coefficient (Wildman–Crippen LogP) is 3.88. The lowest BCUT2D eigenvalue weighted by atomic mass is 9.78. The van der Waals surface area contributed by atoms with E-state index in [1.54, 1.807) is 0 Å². The van der Waals surface area contributed by atoms with Crippen LogP contribution in [0.5, 0.6) is 0 Å². The Labute approximate surface area is 121 Å². The smallest absolute Gasteiger partial charge is 0.0433 e. The van der Waals surface area contributed by atoms with E-state index in [4.69, 9.17) is 5.73 Å². The van der Waals surface area contributed by atoms with Crippen molar-refractivity contribution in [3.05, 3.63) is 59.2 Å². The van der Waals surface area contributed by atoms with Gasteiger partial charge in [0.15, 0.2) is 0 Å². The van der Waals surface area contributed by atoms with Crippen LogP contribution in [-0.2, 0) is 12.0 Å². The molecule has 2 N–H and O–H groups in total. The molecule has 1 heterocycles. The molecule has 0 unspecified atom stereocenters. The fourth-order valence-electron chi connectivity index (χ4n) is 3.17. The summed E-state index contributed by atoms with van der Waals surface area (Å²) in [6.45, 7) is 8.71. The van der Waals surface area contributed by atoms with E-state index in [1.165, 1.54) is 22.4 Å². The van der Waals surface area contributed by atoms with E-state index >= 15 is 0 Å². The molecule has 2 heteroatoms. The van der Waals surface area contributed by atoms with E-state index < -0.39 is 0 Å². The summed E-state index contributed by atoms with van der Waals surface area (Å²) in [4.78, 5) is 2.45. The summed E-state index contributed by atoms with van der Waals surface area (Å²) >= 11 is 0. The maximum absolute atomic E-state index is 5.96. The molecule has 0 saturated heterocycles. The van der Waals surface area contributed by atoms with Crippen molar-refractivity contribution in [2.75, 3.05) is 17.2 Å². The Hall–Kier alpha value is -1.96. The Balaban J connectivity index is 2.00. The van der Waals surface area contributed by atoms with Gasteiger partial charge in [-0.15, -0.1) is 0 Å². The normalized spacial score (nSPS) is 16.9. The van der Waals surface area contributed by atoms with E-state index in [0.717, 1.165) is 18.8 Å². The van der Waals surface area contributed by atoms with Crippen LogP contribution < -0.4 is 10.6 Å². The molecule has 0 aromatic heterocycles. The van der Waals surface area contributed by atoms with Gasteiger partial charge in [-0.3, -0.25) is 0 Å². The standard InChI is InChI=1S/C18H22N2/c1-13-4-7-16(8-5-13)20-11-14-10-15(19)6-9-17(14)18(2,3)12-20/h4-10H,11-12,19H2,1-3H3. The number of aryl methyl sites for hydroxylation is 1. The fraction of sp³-hybridized carbons (Fsp3) is 0.333. The topological polar surface area (TPSA) is 29.3 Å². The summed E-state index contributed by atoms with van der Waals surface area (Å²) in [7, 11) is 0. The number of nitrogens with zero attached hydrogens (tertiary/aromatic N) is 1. The van der Waals surface area contributed by atoms with Gasteiger partial charge in [-0.25, -0.2) is 0 Å². The SMILES string of the molecule is Cc1ccc(N2Cc3cc(N)ccc3C(C)(C)C2)cc1. The van der Waals surface area contributed by atoms with E-state index in [2.05, 4.69) is 62.1 Å². The van der Waals surface area contributed by atoms with Gasteiger partial charge in [0.1, 0.15) is 0 Å². The van der Waals surface area contributed by atoms with Crippen LogP contribution in [0.1, 0.15) is 30.5 Å². The number of hydrogen-bond donors (Lipinski definition) is 1. The van der Waals surface area contributed by atoms with Gasteiger partial charge in [-0.05, 0) is 42.3 Å². The number of nitrogens with two attached hydrogens (primary N) is 1. The number of hydrogen-bond acceptors (Lipinski definition) is 2. The summed E-state index contributed by atoms with van der Waals surface area (Å²) < 4.78 is 0. The summed E-state index contributed by atoms with van der Waals surface area (Å²) in [6, 6.07) is 15.1. The number of fused-ring (bicyclic) bond motifs is 1. The van der Waals surface area contributed by atoms with E-state index in [0.29, 0.717) is 0 Å². The molecule has 1 aliphatic rings. The Morgan fingerprint density at radius 2 is 1.75 bits per heavy atom. The molecule has 1 aliphatic heterocycles. The molecular weight excluding hydrogens is 244 g/mol. The molecule has 0 amide bonds. The minimum Gasteiger partial charge on any atom is -0.399 e. The van der Waals surface area contributed by atoms with Crippen molar-refractivity contribution in [2.24, 2.45) is 0 Å². The van der Waals surface area contributed by atoms with Crippen molar-refractivity contribution < 1.29 is 0 Å². The lowest BCUT2D eigenvalue weighted by Crippen LogP contribution is -2.42. The second kappa shape index (κ2) is 4.55. The van der Waals surface area contributed by atoms with Gasteiger partial charge in [0.25, 0.3) is 0 Å². The molecule has 0 spiro atoms. The van der Waals surface area contributed by atoms with Crippen molar-refractivity contribution >= 4 is 11.4 Å². The minimum atomic E-state index is 0.145. The van der Waals surface area contributed by atoms with Gasteiger partial charge in [0.2, 0.25) is 0 Å². The van der Waals surface area contributed by atoms with Crippen molar-refractivity contribution in [3.63, 3.8) is 0 Å². The first-order valence-electron chi connectivity index (χ1n) is 7.16. The third kappa shape index (κ3) is 2.26. The average molecular weight is 266 g/mol. The molecule has 0 saturated carbocycles. The van der Waals surface area contributed by atoms with Gasteiger partial charge in [-0.1, -0.05) is 37.6 Å². The highest BCUT2D eigenvalue weighted by Gasteiger charge is 2.31. The zero-order chi connectivity index (χ0) is 14.3. The van der Waals surface area contributed by atoms with E-state index in [1.807, 2.05) is 6.07 Å². The highest BCUT2D eigenvalue weighted by molar-refractivity contribution is 5.55. The van der Waals surface area contributed by atoms with Crippen molar-refractivity contribution in [1.29, 1.82) is 0 Å². The molecule has 3 rings (SSSR count). The highest BCUT2D eigenvalue weighted by Crippen LogP contribution is 2.36. The molecule has 0 fully saturated rings. The van der Waals surface area contributed by atoms with E-state index in [9.17, 15) is 0 Å². The monoisotopic (exact) mass is 266 g/mol. The second-order valence-corrected chi connectivity index (χ2v) is 6.49. The van der Waals surface area contributed by atoms with Crippen LogP contribution in [0.15, 0.2) is 42.5 Å². The summed E-state index contributed by atoms with van der Waals surface area (Å²) in [5, 5.41) is 0. The molecule has 2 aromatic carbocycles. The average Bonchev–Trinajstić information content (AvgIpc) is 2.38. The number of benzene rings is 2. The third-order valence-electron chi connectivity index (χ3n) is 4.20. The van der Waals surface area contributed by atoms with Crippen molar-refractivity contribution in [2.45, 2.75) is 32.7 Å². The molecule has 0 aliphatic carbocycles. The van der Waals surface area contributed by atoms with Gasteiger partial charge in [0, 0.05) is 29.9 Å². The van der Waals surface area contributed by atoms with Gasteiger partial charge >= 0.3 is 0 Å². The van der Waals surface area contributed by atoms with Crippen LogP contribution in [-0.4, -0.2) is 6.54 Å². The van der Waals surface area contributed by atoms with E-state index in [-0.39, 0.29) is 5.41 Å². The second-order valence-electron chi connectivity index (χ2n) is 6.49. The Morgan fingerprint density at radius 1 is 1.05 bits per heavy atom. The van der Waals surface area contributed by atoms with Crippen LogP contribution in [0.3, 0.4) is 0 Å². The lowest BCUT2D eigenvalue weighted by molar-refractivity contribution is 0.477. The zero-order valence-corrected chi connectivity index (χ0v) is 12.5. The number of nitrogen functional groups attached to an aromatic ring is 1. The maximum atomic E-state index is 5.96. The number of anilines is 2. The lowest BCUT2D eigenvalue weighted by Gasteiger charge is -2.41. The summed E-state index contributed by atoms with van der Waals surface area (Å²) in [6.07, 6.45) is 0. The molecular formula is C18H22N2. The molecule has 2 nitrogen and oxygen atoms in total. The largest absolute Gasteiger partial charge is 0.399 e. The fourth-order valence-corrected chi connectivity index (χ4v) is 3.17. The molecule has 104 valence electrons. The van der Waals surface area contributed by atoms with Crippen molar-refractivity contribution in [1.82, 2.24) is 0 Å². The zero-order valence-electron chi connectivity index (χ0n) is 12.5. The highest BCUT2D eigenvalue weighted by atomic mass is 15.1. The molecule has 0 atom stereocenters. The predicted molar refractivity (Wildman–Crippen MR) is 86.1 cm³/mol. The van der Waals surface area contributed by atoms with Gasteiger partial charge in [0.05, 0.1) is 0 Å². The summed E-state index contributed by atoms with van der Waals surface area (Å²) in [5.41, 5.74) is 12.3. The molecule has 2 aromatic rings. The van der Waals surface area contributed by atoms with Crippen molar-refractivity contribution in [3.8, 4) is 0 Å². The molecule has 0 radical (unpaired) electrons. The van der Waals surface area contributed by atoms with Crippen LogP contribution >= 0.6 is 0 Å². The van der Waals surface area contributed by atoms with Crippen LogP contribution in [0.25, 0.3) is 0 Å². The van der Waals surface area contributed by atoms with Crippen LogP contribution in [0.2, 0.25) is 0 Å². The van der Waals surface area contributed by atoms with Crippen LogP contribution in [0.4, 0.5) is 11.4 Å². The molecule has 0 bridgehead atoms. The first kappa shape index (κ1) is 13.0. The summed E-state index contributed by atoms with van der Waals surface area (Å²) in [5.74, 6) is 0. The third-order valence-corrected chi connectivity index (χ3v) is 4.20. The first-order valence-corrected chi connectivity index (χ1v) is 7.16. The maximum Gasteiger partial charge on any atom is 0.0433 e. The van der Waals surface area contributed by atoms with Gasteiger partial charge in [-0.2, -0.15) is 0 Å². The number of rotatable bonds is 1. The minimum absolute atomic E-state index is 0.145. The first-order chi connectivity index (χ1) is 9.45. The Bertz CT molecular complexity index is 626.